The van der Waals surface area contributed by atoms with E-state index in [1.807, 2.05) is 12.1 Å². The zero-order valence-corrected chi connectivity index (χ0v) is 23.5. The molecule has 1 saturated heterocycles. The van der Waals surface area contributed by atoms with Gasteiger partial charge in [0.15, 0.2) is 0 Å². The number of urea groups is 1. The molecule has 0 radical (unpaired) electrons. The zero-order valence-electron chi connectivity index (χ0n) is 23.5. The van der Waals surface area contributed by atoms with E-state index in [9.17, 15) is 20.1 Å². The van der Waals surface area contributed by atoms with E-state index in [0.29, 0.717) is 24.2 Å². The van der Waals surface area contributed by atoms with Gasteiger partial charge in [0.1, 0.15) is 5.75 Å². The number of amides is 2. The van der Waals surface area contributed by atoms with Crippen molar-refractivity contribution < 1.29 is 34.8 Å². The lowest BCUT2D eigenvalue weighted by molar-refractivity contribution is -0.134. The second-order valence-corrected chi connectivity index (χ2v) is 9.82. The van der Waals surface area contributed by atoms with Crippen LogP contribution in [0.5, 0.6) is 5.75 Å². The minimum Gasteiger partial charge on any atom is -0.508 e. The van der Waals surface area contributed by atoms with Crippen LogP contribution in [0.15, 0.2) is 42.5 Å². The molecule has 0 aromatic heterocycles. The number of aliphatic hydroxyl groups is 2. The molecule has 0 aliphatic carbocycles. The van der Waals surface area contributed by atoms with Gasteiger partial charge in [0.2, 0.25) is 0 Å². The second kappa shape index (κ2) is 19.0. The number of hydrogen-bond donors (Lipinski definition) is 6. The number of hydrogen-bond acceptors (Lipinski definition) is 7. The topological polar surface area (TPSA) is 152 Å². The number of unbranched alkanes of at least 4 members (excludes halogenated alkanes) is 4. The third-order valence-corrected chi connectivity index (χ3v) is 6.47. The average molecular weight is 560 g/mol. The van der Waals surface area contributed by atoms with Gasteiger partial charge in [-0.05, 0) is 74.0 Å². The molecule has 1 atom stereocenters. The van der Waals surface area contributed by atoms with E-state index < -0.39 is 12.1 Å². The number of anilines is 1. The third-order valence-electron chi connectivity index (χ3n) is 6.47. The van der Waals surface area contributed by atoms with Crippen LogP contribution in [0.25, 0.3) is 0 Å². The van der Waals surface area contributed by atoms with E-state index in [2.05, 4.69) is 22.8 Å². The summed E-state index contributed by atoms with van der Waals surface area (Å²) in [5.74, 6) is -0.790. The molecule has 1 fully saturated rings. The van der Waals surface area contributed by atoms with Crippen molar-refractivity contribution in [1.82, 2.24) is 10.6 Å². The van der Waals surface area contributed by atoms with E-state index in [4.69, 9.17) is 14.6 Å². The normalized spacial score (nSPS) is 13.5. The van der Waals surface area contributed by atoms with E-state index in [-0.39, 0.29) is 18.4 Å². The predicted octanol–water partition coefficient (Wildman–Crippen LogP) is 3.73. The number of aryl methyl sites for hydroxylation is 1. The molecule has 10 nitrogen and oxygen atoms in total. The Balaban J connectivity index is 0.00000131. The number of carbonyl (C=O) groups is 2. The summed E-state index contributed by atoms with van der Waals surface area (Å²) >= 11 is 0. The molecule has 3 rings (SSSR count). The molecular formula is C30H45N3O7. The van der Waals surface area contributed by atoms with Crippen LogP contribution in [-0.4, -0.2) is 71.8 Å². The SMILES string of the molecule is CC(=O)O.O=C1NCCN1c1cccc(CCCCOCCCCCCNC[C@H](O)c2ccc(O)c(CO)c2)c1. The lowest BCUT2D eigenvalue weighted by Gasteiger charge is -2.15. The smallest absolute Gasteiger partial charge is 0.321 e. The predicted molar refractivity (Wildman–Crippen MR) is 155 cm³/mol. The summed E-state index contributed by atoms with van der Waals surface area (Å²) in [5.41, 5.74) is 3.34. The first kappa shape index (κ1) is 33.0. The number of nitrogens with one attached hydrogen (secondary N) is 2. The Bertz CT molecular complexity index is 1030. The maximum atomic E-state index is 11.8. The van der Waals surface area contributed by atoms with Gasteiger partial charge in [0.25, 0.3) is 5.97 Å². The molecule has 10 heteroatoms. The van der Waals surface area contributed by atoms with Crippen molar-refractivity contribution in [1.29, 1.82) is 0 Å². The molecule has 0 spiro atoms. The summed E-state index contributed by atoms with van der Waals surface area (Å²) in [5, 5.41) is 42.6. The van der Waals surface area contributed by atoms with Gasteiger partial charge in [-0.1, -0.05) is 31.0 Å². The minimum absolute atomic E-state index is 0.0146. The number of ether oxygens (including phenoxy) is 1. The van der Waals surface area contributed by atoms with Crippen molar-refractivity contribution in [3.8, 4) is 5.75 Å². The highest BCUT2D eigenvalue weighted by atomic mass is 16.5. The molecule has 0 bridgehead atoms. The first-order chi connectivity index (χ1) is 19.3. The zero-order chi connectivity index (χ0) is 29.2. The standard InChI is InChI=1S/C28H41N3O5.C2H4O2/c32-21-24-19-23(11-12-26(24)33)27(34)20-29-13-4-1-2-5-16-36-17-6-3-8-22-9-7-10-25(18-22)31-15-14-30-28(31)35;1-2(3)4/h7,9-12,18-19,27,29,32-34H,1-6,8,13-17,20-21H2,(H,30,35);1H3,(H,3,4)/t27-;/m0./s1. The van der Waals surface area contributed by atoms with Crippen molar-refractivity contribution in [2.45, 2.75) is 64.6 Å². The Kier molecular flexibility index (Phi) is 15.7. The summed E-state index contributed by atoms with van der Waals surface area (Å²) in [4.78, 5) is 22.6. The summed E-state index contributed by atoms with van der Waals surface area (Å²) in [7, 11) is 0. The monoisotopic (exact) mass is 559 g/mol. The van der Waals surface area contributed by atoms with E-state index >= 15 is 0 Å². The van der Waals surface area contributed by atoms with Gasteiger partial charge in [-0.25, -0.2) is 4.79 Å². The first-order valence-corrected chi connectivity index (χ1v) is 14.0. The second-order valence-electron chi connectivity index (χ2n) is 9.82. The molecule has 222 valence electrons. The van der Waals surface area contributed by atoms with Crippen LogP contribution >= 0.6 is 0 Å². The summed E-state index contributed by atoms with van der Waals surface area (Å²) in [6, 6.07) is 13.0. The molecule has 1 aliphatic rings. The molecule has 40 heavy (non-hydrogen) atoms. The highest BCUT2D eigenvalue weighted by Gasteiger charge is 2.20. The largest absolute Gasteiger partial charge is 0.508 e. The van der Waals surface area contributed by atoms with Gasteiger partial charge in [0, 0.05) is 51.0 Å². The van der Waals surface area contributed by atoms with Crippen LogP contribution in [0.3, 0.4) is 0 Å². The van der Waals surface area contributed by atoms with Gasteiger partial charge < -0.3 is 35.8 Å². The van der Waals surface area contributed by atoms with Crippen molar-refractivity contribution in [2.24, 2.45) is 0 Å². The maximum Gasteiger partial charge on any atom is 0.321 e. The average Bonchev–Trinajstić information content (AvgIpc) is 3.37. The fraction of sp³-hybridized carbons (Fsp3) is 0.533. The van der Waals surface area contributed by atoms with E-state index in [1.54, 1.807) is 17.0 Å². The highest BCUT2D eigenvalue weighted by Crippen LogP contribution is 2.22. The number of rotatable bonds is 17. The first-order valence-electron chi connectivity index (χ1n) is 14.0. The minimum atomic E-state index is -0.833. The molecule has 0 unspecified atom stereocenters. The number of benzene rings is 2. The molecule has 2 aromatic rings. The molecule has 6 N–H and O–H groups in total. The summed E-state index contributed by atoms with van der Waals surface area (Å²) in [6.45, 7) is 5.12. The van der Waals surface area contributed by atoms with Crippen LogP contribution in [0.2, 0.25) is 0 Å². The Morgan fingerprint density at radius 3 is 2.50 bits per heavy atom. The highest BCUT2D eigenvalue weighted by molar-refractivity contribution is 5.94. The Labute approximate surface area is 237 Å². The summed E-state index contributed by atoms with van der Waals surface area (Å²) in [6.07, 6.45) is 6.76. The fourth-order valence-corrected chi connectivity index (χ4v) is 4.34. The van der Waals surface area contributed by atoms with Crippen molar-refractivity contribution in [3.63, 3.8) is 0 Å². The fourth-order valence-electron chi connectivity index (χ4n) is 4.34. The number of aromatic hydroxyl groups is 1. The third kappa shape index (κ3) is 12.8. The molecule has 1 aliphatic heterocycles. The Hall–Kier alpha value is -3.18. The van der Waals surface area contributed by atoms with Gasteiger partial charge in [0.05, 0.1) is 12.7 Å². The van der Waals surface area contributed by atoms with Crippen LogP contribution in [0.4, 0.5) is 10.5 Å². The number of carbonyl (C=O) groups excluding carboxylic acids is 1. The van der Waals surface area contributed by atoms with Crippen LogP contribution in [0, 0.1) is 0 Å². The number of phenols is 1. The van der Waals surface area contributed by atoms with Crippen LogP contribution < -0.4 is 15.5 Å². The van der Waals surface area contributed by atoms with Gasteiger partial charge in [-0.2, -0.15) is 0 Å². The van der Waals surface area contributed by atoms with Crippen LogP contribution in [-0.2, 0) is 22.6 Å². The van der Waals surface area contributed by atoms with Gasteiger partial charge in [-0.15, -0.1) is 0 Å². The number of carboxylic acids is 1. The molecule has 1 heterocycles. The number of aliphatic carboxylic acids is 1. The number of carboxylic acid groups (broad SMARTS) is 1. The molecule has 2 amide bonds. The van der Waals surface area contributed by atoms with E-state index in [1.165, 1.54) is 11.6 Å². The summed E-state index contributed by atoms with van der Waals surface area (Å²) < 4.78 is 5.78. The van der Waals surface area contributed by atoms with Crippen molar-refractivity contribution in [2.75, 3.05) is 44.3 Å². The Morgan fingerprint density at radius 2 is 1.80 bits per heavy atom. The van der Waals surface area contributed by atoms with Crippen LogP contribution in [0.1, 0.15) is 68.2 Å². The lowest BCUT2D eigenvalue weighted by Crippen LogP contribution is -2.27. The molecular weight excluding hydrogens is 514 g/mol. The lowest BCUT2D eigenvalue weighted by atomic mass is 10.1. The van der Waals surface area contributed by atoms with Crippen molar-refractivity contribution in [3.05, 3.63) is 59.2 Å². The van der Waals surface area contributed by atoms with Gasteiger partial charge in [-0.3, -0.25) is 9.69 Å². The Morgan fingerprint density at radius 1 is 1.07 bits per heavy atom. The quantitative estimate of drug-likeness (QED) is 0.160. The molecule has 0 saturated carbocycles. The maximum absolute atomic E-state index is 11.8. The number of aliphatic hydroxyl groups excluding tert-OH is 2. The van der Waals surface area contributed by atoms with E-state index in [0.717, 1.165) is 83.9 Å². The number of nitrogens with zero attached hydrogens (tertiary/aromatic N) is 1. The van der Waals surface area contributed by atoms with Crippen molar-refractivity contribution >= 4 is 17.7 Å². The van der Waals surface area contributed by atoms with Gasteiger partial charge >= 0.3 is 6.03 Å². The molecule has 2 aromatic carbocycles.